The molecule has 0 fully saturated rings. The minimum absolute atomic E-state index is 0.676. The molecular formula is C78H81N3O4. The lowest BCUT2D eigenvalue weighted by Crippen LogP contribution is -2.10. The van der Waals surface area contributed by atoms with E-state index < -0.39 is 0 Å². The Kier molecular flexibility index (Phi) is 20.4. The van der Waals surface area contributed by atoms with Gasteiger partial charge >= 0.3 is 0 Å². The summed E-state index contributed by atoms with van der Waals surface area (Å²) in [5, 5.41) is 0. The first-order valence-corrected chi connectivity index (χ1v) is 30.7. The quantitative estimate of drug-likeness (QED) is 0.0453. The molecule has 10 aromatic carbocycles. The predicted molar refractivity (Wildman–Crippen MR) is 358 cm³/mol. The first-order chi connectivity index (χ1) is 41.8. The molecule has 0 radical (unpaired) electrons. The van der Waals surface area contributed by atoms with Crippen LogP contribution in [0, 0.1) is 13.8 Å². The lowest BCUT2D eigenvalue weighted by Gasteiger charge is -2.27. The van der Waals surface area contributed by atoms with Gasteiger partial charge in [0.05, 0.1) is 26.4 Å². The Labute approximate surface area is 505 Å². The van der Waals surface area contributed by atoms with Crippen LogP contribution in [0.1, 0.15) is 90.2 Å². The van der Waals surface area contributed by atoms with Crippen molar-refractivity contribution in [1.82, 2.24) is 0 Å². The van der Waals surface area contributed by atoms with Crippen LogP contribution in [0.2, 0.25) is 0 Å². The van der Waals surface area contributed by atoms with Gasteiger partial charge in [0.1, 0.15) is 23.0 Å². The highest BCUT2D eigenvalue weighted by Gasteiger charge is 2.19. The molecule has 0 amide bonds. The van der Waals surface area contributed by atoms with E-state index in [1.165, 1.54) is 11.1 Å². The summed E-state index contributed by atoms with van der Waals surface area (Å²) in [6.45, 7) is 15.8. The summed E-state index contributed by atoms with van der Waals surface area (Å²) < 4.78 is 25.0. The lowest BCUT2D eigenvalue weighted by atomic mass is 9.93. The molecule has 0 aliphatic heterocycles. The molecule has 432 valence electrons. The Morgan fingerprint density at radius 1 is 0.235 bits per heavy atom. The molecule has 0 saturated heterocycles. The average molecular weight is 1120 g/mol. The van der Waals surface area contributed by atoms with Crippen molar-refractivity contribution in [3.8, 4) is 56.4 Å². The Morgan fingerprint density at radius 2 is 0.471 bits per heavy atom. The summed E-state index contributed by atoms with van der Waals surface area (Å²) >= 11 is 0. The van der Waals surface area contributed by atoms with Crippen LogP contribution in [-0.4, -0.2) is 26.4 Å². The molecule has 0 heterocycles. The topological polar surface area (TPSA) is 46.6 Å². The van der Waals surface area contributed by atoms with Crippen molar-refractivity contribution >= 4 is 51.2 Å². The monoisotopic (exact) mass is 1120 g/mol. The van der Waals surface area contributed by atoms with Crippen LogP contribution in [0.3, 0.4) is 0 Å². The van der Waals surface area contributed by atoms with E-state index in [1.807, 2.05) is 12.1 Å². The van der Waals surface area contributed by atoms with Gasteiger partial charge in [-0.2, -0.15) is 0 Å². The van der Waals surface area contributed by atoms with E-state index in [9.17, 15) is 0 Å². The normalized spacial score (nSPS) is 11.0. The maximum atomic E-state index is 6.27. The molecule has 10 aromatic rings. The van der Waals surface area contributed by atoms with E-state index in [0.29, 0.717) is 26.4 Å². The Balaban J connectivity index is 1.05. The van der Waals surface area contributed by atoms with Crippen molar-refractivity contribution < 1.29 is 18.9 Å². The van der Waals surface area contributed by atoms with Gasteiger partial charge in [0.15, 0.2) is 0 Å². The first-order valence-electron chi connectivity index (χ1n) is 30.7. The number of ether oxygens (including phenoxy) is 4. The highest BCUT2D eigenvalue weighted by atomic mass is 16.5. The number of nitrogens with zero attached hydrogens (tertiary/aromatic N) is 3. The number of aryl methyl sites for hydroxylation is 2. The van der Waals surface area contributed by atoms with Crippen molar-refractivity contribution in [1.29, 1.82) is 0 Å². The highest BCUT2D eigenvalue weighted by molar-refractivity contribution is 5.86. The minimum atomic E-state index is 0.676. The van der Waals surface area contributed by atoms with E-state index >= 15 is 0 Å². The fraction of sp³-hybridized carbons (Fsp3) is 0.231. The lowest BCUT2D eigenvalue weighted by molar-refractivity contribution is 0.309. The van der Waals surface area contributed by atoms with Crippen LogP contribution >= 0.6 is 0 Å². The second-order valence-corrected chi connectivity index (χ2v) is 21.9. The average Bonchev–Trinajstić information content (AvgIpc) is 2.53. The van der Waals surface area contributed by atoms with Crippen LogP contribution in [0.15, 0.2) is 237 Å². The molecule has 0 N–H and O–H groups in total. The molecule has 10 rings (SSSR count). The van der Waals surface area contributed by atoms with Crippen molar-refractivity contribution in [3.05, 3.63) is 248 Å². The van der Waals surface area contributed by atoms with Gasteiger partial charge in [0, 0.05) is 75.5 Å². The Morgan fingerprint density at radius 3 is 0.706 bits per heavy atom. The molecule has 0 aliphatic carbocycles. The van der Waals surface area contributed by atoms with Gasteiger partial charge in [-0.25, -0.2) is 0 Å². The van der Waals surface area contributed by atoms with Gasteiger partial charge in [0.2, 0.25) is 0 Å². The van der Waals surface area contributed by atoms with Crippen LogP contribution < -0.4 is 33.6 Å². The van der Waals surface area contributed by atoms with Gasteiger partial charge in [0.25, 0.3) is 0 Å². The molecule has 7 heteroatoms. The molecule has 0 atom stereocenters. The van der Waals surface area contributed by atoms with E-state index in [0.717, 1.165) is 159 Å². The molecule has 0 unspecified atom stereocenters. The molecule has 0 saturated carbocycles. The largest absolute Gasteiger partial charge is 0.494 e. The molecule has 7 nitrogen and oxygen atoms in total. The minimum Gasteiger partial charge on any atom is -0.494 e. The van der Waals surface area contributed by atoms with Gasteiger partial charge < -0.3 is 33.6 Å². The smallest absolute Gasteiger partial charge is 0.121 e. The van der Waals surface area contributed by atoms with Crippen LogP contribution in [0.25, 0.3) is 33.4 Å². The highest BCUT2D eigenvalue weighted by Crippen LogP contribution is 2.43. The summed E-state index contributed by atoms with van der Waals surface area (Å²) in [5.74, 6) is 3.43. The summed E-state index contributed by atoms with van der Waals surface area (Å²) in [6.07, 6.45) is 8.33. The molecule has 0 bridgehead atoms. The second-order valence-electron chi connectivity index (χ2n) is 21.9. The fourth-order valence-corrected chi connectivity index (χ4v) is 10.6. The molecule has 0 spiro atoms. The number of hydrogen-bond acceptors (Lipinski definition) is 7. The molecule has 0 aliphatic rings. The summed E-state index contributed by atoms with van der Waals surface area (Å²) in [6, 6.07) is 85.1. The molecule has 85 heavy (non-hydrogen) atoms. The van der Waals surface area contributed by atoms with Crippen LogP contribution in [-0.2, 0) is 0 Å². The third kappa shape index (κ3) is 15.3. The first kappa shape index (κ1) is 59.0. The zero-order chi connectivity index (χ0) is 58.7. The zero-order valence-electron chi connectivity index (χ0n) is 50.5. The van der Waals surface area contributed by atoms with E-state index in [2.05, 4.69) is 281 Å². The molecule has 0 aromatic heterocycles. The Hall–Kier alpha value is -9.20. The van der Waals surface area contributed by atoms with Crippen LogP contribution in [0.4, 0.5) is 51.2 Å². The third-order valence-electron chi connectivity index (χ3n) is 15.2. The van der Waals surface area contributed by atoms with Gasteiger partial charge in [-0.1, -0.05) is 138 Å². The van der Waals surface area contributed by atoms with Crippen molar-refractivity contribution in [2.24, 2.45) is 0 Å². The number of hydrogen-bond donors (Lipinski definition) is 0. The summed E-state index contributed by atoms with van der Waals surface area (Å²) in [7, 11) is 0. The third-order valence-corrected chi connectivity index (χ3v) is 15.2. The van der Waals surface area contributed by atoms with Gasteiger partial charge in [-0.3, -0.25) is 0 Å². The predicted octanol–water partition coefficient (Wildman–Crippen LogP) is 22.4. The number of rotatable bonds is 28. The summed E-state index contributed by atoms with van der Waals surface area (Å²) in [4.78, 5) is 6.93. The van der Waals surface area contributed by atoms with E-state index in [-0.39, 0.29) is 0 Å². The fourth-order valence-electron chi connectivity index (χ4n) is 10.6. The van der Waals surface area contributed by atoms with Gasteiger partial charge in [-0.05, 0) is 211 Å². The van der Waals surface area contributed by atoms with E-state index in [4.69, 9.17) is 18.9 Å². The van der Waals surface area contributed by atoms with Crippen LogP contribution in [0.5, 0.6) is 23.0 Å². The number of anilines is 9. The standard InChI is InChI=1S/C78H81N3O4/c1-7-11-45-82-75-29-17-25-71(54-75)79(69-23-15-21-58(5)49-69)66-39-33-60(34-40-66)63-51-64(61-35-41-67(42-36-61)80(70-24-16-22-59(6)50-70)72-26-18-30-76(55-72)83-46-12-8-2)53-65(52-63)62-37-43-68(44-38-62)81(73-27-19-31-77(56-73)84-47-13-9-3)74-28-20-32-78(57-74)85-48-14-10-4/h15-44,49-57H,7-14,45-48H2,1-6H3. The molecular weight excluding hydrogens is 1040 g/mol. The van der Waals surface area contributed by atoms with E-state index in [1.54, 1.807) is 0 Å². The van der Waals surface area contributed by atoms with Crippen molar-refractivity contribution in [3.63, 3.8) is 0 Å². The van der Waals surface area contributed by atoms with Crippen molar-refractivity contribution in [2.45, 2.75) is 92.9 Å². The Bertz CT molecular complexity index is 3510. The zero-order valence-corrected chi connectivity index (χ0v) is 50.5. The maximum absolute atomic E-state index is 6.27. The summed E-state index contributed by atoms with van der Waals surface area (Å²) in [5.41, 5.74) is 18.5. The maximum Gasteiger partial charge on any atom is 0.121 e. The number of benzene rings is 10. The second kappa shape index (κ2) is 29.4. The van der Waals surface area contributed by atoms with Crippen molar-refractivity contribution in [2.75, 3.05) is 41.1 Å². The number of unbranched alkanes of at least 4 members (excludes halogenated alkanes) is 4. The SMILES string of the molecule is CCCCOc1cccc(N(c2ccc(-c3cc(-c4ccc(N(c5cccc(C)c5)c5cccc(OCCCC)c5)cc4)cc(-c4ccc(N(c5cccc(OCCCC)c5)c5cccc(OCCCC)c5)cc4)c3)cc2)c2cccc(C)c2)c1. The van der Waals surface area contributed by atoms with Gasteiger partial charge in [-0.15, -0.1) is 0 Å².